The minimum Gasteiger partial charge on any atom is -0.493 e. The maximum atomic E-state index is 12.7. The van der Waals surface area contributed by atoms with Crippen LogP contribution in [0.25, 0.3) is 0 Å². The molecule has 0 aliphatic heterocycles. The first-order valence-corrected chi connectivity index (χ1v) is 6.21. The van der Waals surface area contributed by atoms with Gasteiger partial charge < -0.3 is 4.74 Å². The molecular formula is C14H17F3O2. The highest BCUT2D eigenvalue weighted by Crippen LogP contribution is 2.33. The van der Waals surface area contributed by atoms with Gasteiger partial charge in [0.25, 0.3) is 0 Å². The molecule has 0 unspecified atom stereocenters. The zero-order valence-electron chi connectivity index (χ0n) is 11.0. The molecule has 0 spiro atoms. The number of ether oxygens (including phenoxy) is 1. The van der Waals surface area contributed by atoms with Crippen LogP contribution in [0.4, 0.5) is 13.2 Å². The molecule has 0 bridgehead atoms. The molecule has 0 radical (unpaired) electrons. The van der Waals surface area contributed by atoms with Gasteiger partial charge in [0.1, 0.15) is 5.75 Å². The number of carbonyl (C=O) groups excluding carboxylic acids is 1. The lowest BCUT2D eigenvalue weighted by Crippen LogP contribution is -2.12. The molecule has 1 rings (SSSR count). The molecule has 19 heavy (non-hydrogen) atoms. The summed E-state index contributed by atoms with van der Waals surface area (Å²) in [7, 11) is 0. The second-order valence-corrected chi connectivity index (χ2v) is 4.36. The van der Waals surface area contributed by atoms with Crippen LogP contribution in [-0.4, -0.2) is 12.9 Å². The molecule has 0 saturated carbocycles. The molecule has 0 N–H and O–H groups in total. The van der Waals surface area contributed by atoms with E-state index in [1.165, 1.54) is 6.07 Å². The molecule has 0 amide bonds. The zero-order chi connectivity index (χ0) is 14.5. The summed E-state index contributed by atoms with van der Waals surface area (Å²) < 4.78 is 43.6. The summed E-state index contributed by atoms with van der Waals surface area (Å²) in [4.78, 5) is 10.6. The predicted molar refractivity (Wildman–Crippen MR) is 66.4 cm³/mol. The van der Waals surface area contributed by atoms with Gasteiger partial charge in [-0.1, -0.05) is 26.7 Å². The van der Waals surface area contributed by atoms with Gasteiger partial charge in [-0.25, -0.2) is 0 Å². The normalized spacial score (nSPS) is 11.7. The fraction of sp³-hybridized carbons (Fsp3) is 0.500. The zero-order valence-corrected chi connectivity index (χ0v) is 11.0. The maximum absolute atomic E-state index is 12.7. The second-order valence-electron chi connectivity index (χ2n) is 4.36. The third kappa shape index (κ3) is 4.26. The summed E-state index contributed by atoms with van der Waals surface area (Å²) in [6.45, 7) is 4.40. The molecular weight excluding hydrogens is 257 g/mol. The lowest BCUT2D eigenvalue weighted by atomic mass is 10.1. The van der Waals surface area contributed by atoms with Gasteiger partial charge in [-0.15, -0.1) is 0 Å². The highest BCUT2D eigenvalue weighted by atomic mass is 19.4. The molecule has 0 aliphatic rings. The Morgan fingerprint density at radius 2 is 1.89 bits per heavy atom. The van der Waals surface area contributed by atoms with E-state index >= 15 is 0 Å². The second kappa shape index (κ2) is 6.59. The van der Waals surface area contributed by atoms with E-state index in [-0.39, 0.29) is 17.6 Å². The highest BCUT2D eigenvalue weighted by Gasteiger charge is 2.33. The Hall–Kier alpha value is -1.52. The van der Waals surface area contributed by atoms with Gasteiger partial charge in [0.05, 0.1) is 12.2 Å². The average molecular weight is 274 g/mol. The van der Waals surface area contributed by atoms with Crippen molar-refractivity contribution in [2.75, 3.05) is 6.61 Å². The highest BCUT2D eigenvalue weighted by molar-refractivity contribution is 5.78. The summed E-state index contributed by atoms with van der Waals surface area (Å²) in [6, 6.07) is 3.41. The molecule has 0 aliphatic carbocycles. The van der Waals surface area contributed by atoms with Crippen LogP contribution < -0.4 is 4.74 Å². The first-order valence-electron chi connectivity index (χ1n) is 6.21. The van der Waals surface area contributed by atoms with Crippen molar-refractivity contribution in [1.29, 1.82) is 0 Å². The van der Waals surface area contributed by atoms with Crippen molar-refractivity contribution in [3.8, 4) is 5.75 Å². The van der Waals surface area contributed by atoms with E-state index in [1.807, 2.05) is 13.8 Å². The van der Waals surface area contributed by atoms with E-state index in [4.69, 9.17) is 4.74 Å². The minimum atomic E-state index is -4.55. The molecule has 0 atom stereocenters. The monoisotopic (exact) mass is 274 g/mol. The number of carbonyl (C=O) groups is 1. The maximum Gasteiger partial charge on any atom is 0.417 e. The lowest BCUT2D eigenvalue weighted by Gasteiger charge is -2.15. The molecule has 1 aromatic carbocycles. The Kier molecular flexibility index (Phi) is 5.39. The molecule has 0 aromatic heterocycles. The van der Waals surface area contributed by atoms with Crippen LogP contribution in [0, 0.1) is 5.92 Å². The Morgan fingerprint density at radius 1 is 1.26 bits per heavy atom. The van der Waals surface area contributed by atoms with Gasteiger partial charge >= 0.3 is 6.18 Å². The molecule has 1 aromatic rings. The Bertz CT molecular complexity index is 423. The molecule has 5 heteroatoms. The van der Waals surface area contributed by atoms with Gasteiger partial charge in [0, 0.05) is 5.56 Å². The molecule has 106 valence electrons. The Labute approximate surface area is 110 Å². The Morgan fingerprint density at radius 3 is 2.37 bits per heavy atom. The number of benzene rings is 1. The Balaban J connectivity index is 2.90. The number of hydrogen-bond acceptors (Lipinski definition) is 2. The van der Waals surface area contributed by atoms with Crippen molar-refractivity contribution in [3.05, 3.63) is 29.3 Å². The third-order valence-electron chi connectivity index (χ3n) is 3.10. The molecule has 0 saturated heterocycles. The van der Waals surface area contributed by atoms with Gasteiger partial charge in [0.15, 0.2) is 6.29 Å². The van der Waals surface area contributed by atoms with Crippen LogP contribution in [0.1, 0.15) is 42.6 Å². The summed E-state index contributed by atoms with van der Waals surface area (Å²) in [5.74, 6) is 0.463. The standard InChI is InChI=1S/C14H17F3O2/c1-3-10(4-2)9-19-12-6-5-11(8-18)13(7-12)14(15,16)17/h5-8,10H,3-4,9H2,1-2H3. The molecule has 2 nitrogen and oxygen atoms in total. The van der Waals surface area contributed by atoms with Crippen LogP contribution in [0.2, 0.25) is 0 Å². The van der Waals surface area contributed by atoms with Crippen molar-refractivity contribution in [2.24, 2.45) is 5.92 Å². The smallest absolute Gasteiger partial charge is 0.417 e. The van der Waals surface area contributed by atoms with E-state index < -0.39 is 11.7 Å². The van der Waals surface area contributed by atoms with Crippen molar-refractivity contribution in [2.45, 2.75) is 32.9 Å². The third-order valence-corrected chi connectivity index (χ3v) is 3.10. The SMILES string of the molecule is CCC(CC)COc1ccc(C=O)c(C(F)(F)F)c1. The lowest BCUT2D eigenvalue weighted by molar-refractivity contribution is -0.137. The topological polar surface area (TPSA) is 26.3 Å². The van der Waals surface area contributed by atoms with Crippen LogP contribution in [0.15, 0.2) is 18.2 Å². The van der Waals surface area contributed by atoms with Gasteiger partial charge in [-0.05, 0) is 24.1 Å². The fourth-order valence-corrected chi connectivity index (χ4v) is 1.71. The van der Waals surface area contributed by atoms with E-state index in [2.05, 4.69) is 0 Å². The number of aldehydes is 1. The van der Waals surface area contributed by atoms with E-state index in [0.717, 1.165) is 25.0 Å². The fourth-order valence-electron chi connectivity index (χ4n) is 1.71. The van der Waals surface area contributed by atoms with Crippen LogP contribution >= 0.6 is 0 Å². The van der Waals surface area contributed by atoms with Gasteiger partial charge in [0.2, 0.25) is 0 Å². The molecule has 0 heterocycles. The van der Waals surface area contributed by atoms with Crippen LogP contribution in [0.5, 0.6) is 5.75 Å². The number of rotatable bonds is 6. The quantitative estimate of drug-likeness (QED) is 0.721. The van der Waals surface area contributed by atoms with Crippen molar-refractivity contribution >= 4 is 6.29 Å². The van der Waals surface area contributed by atoms with E-state index in [1.54, 1.807) is 0 Å². The van der Waals surface area contributed by atoms with E-state index in [0.29, 0.717) is 12.5 Å². The number of hydrogen-bond donors (Lipinski definition) is 0. The average Bonchev–Trinajstić information content (AvgIpc) is 2.38. The summed E-state index contributed by atoms with van der Waals surface area (Å²) in [5.41, 5.74) is -1.33. The number of halogens is 3. The number of alkyl halides is 3. The first-order chi connectivity index (χ1) is 8.92. The van der Waals surface area contributed by atoms with Crippen molar-refractivity contribution < 1.29 is 22.7 Å². The summed E-state index contributed by atoms with van der Waals surface area (Å²) in [5, 5.41) is 0. The largest absolute Gasteiger partial charge is 0.493 e. The van der Waals surface area contributed by atoms with Gasteiger partial charge in [-0.2, -0.15) is 13.2 Å². The van der Waals surface area contributed by atoms with Crippen LogP contribution in [0.3, 0.4) is 0 Å². The minimum absolute atomic E-state index is 0.143. The van der Waals surface area contributed by atoms with Crippen LogP contribution in [-0.2, 0) is 6.18 Å². The molecule has 0 fully saturated rings. The first kappa shape index (κ1) is 15.5. The van der Waals surface area contributed by atoms with E-state index in [9.17, 15) is 18.0 Å². The van der Waals surface area contributed by atoms with Gasteiger partial charge in [-0.3, -0.25) is 4.79 Å². The summed E-state index contributed by atoms with van der Waals surface area (Å²) in [6.07, 6.45) is -2.53. The van der Waals surface area contributed by atoms with Crippen molar-refractivity contribution in [3.63, 3.8) is 0 Å². The summed E-state index contributed by atoms with van der Waals surface area (Å²) >= 11 is 0. The van der Waals surface area contributed by atoms with Crippen molar-refractivity contribution in [1.82, 2.24) is 0 Å². The predicted octanol–water partition coefficient (Wildman–Crippen LogP) is 4.33.